The van der Waals surface area contributed by atoms with Crippen molar-refractivity contribution in [2.45, 2.75) is 38.5 Å². The van der Waals surface area contributed by atoms with Gasteiger partial charge in [0.25, 0.3) is 0 Å². The van der Waals surface area contributed by atoms with Crippen LogP contribution in [0.25, 0.3) is 0 Å². The molecule has 0 atom stereocenters. The topological polar surface area (TPSA) is 86.6 Å². The second kappa shape index (κ2) is 10.5. The predicted molar refractivity (Wildman–Crippen MR) is 99.0 cm³/mol. The number of Topliss-reactive ketones (excluding diaryl/α,β-unsaturated/α-hetero) is 1. The van der Waals surface area contributed by atoms with E-state index >= 15 is 0 Å². The van der Waals surface area contributed by atoms with Gasteiger partial charge in [0.2, 0.25) is 5.91 Å². The summed E-state index contributed by atoms with van der Waals surface area (Å²) in [6.45, 7) is -0.409. The Morgan fingerprint density at radius 3 is 2.08 bits per heavy atom. The Bertz CT molecular complexity index is 725. The normalized spacial score (nSPS) is 10.5. The fraction of sp³-hybridized carbons (Fsp3) is 0.333. The van der Waals surface area contributed by atoms with E-state index in [2.05, 4.69) is 6.07 Å². The summed E-state index contributed by atoms with van der Waals surface area (Å²) >= 11 is 0. The number of amides is 1. The number of ketones is 1. The van der Waals surface area contributed by atoms with Gasteiger partial charge in [0.1, 0.15) is 6.61 Å². The van der Waals surface area contributed by atoms with E-state index in [9.17, 15) is 9.59 Å². The highest BCUT2D eigenvalue weighted by molar-refractivity contribution is 5.81. The average molecular weight is 355 g/mol. The molecule has 138 valence electrons. The average Bonchev–Trinajstić information content (AvgIpc) is 2.66. The molecule has 2 aromatic rings. The number of aryl methyl sites for hydroxylation is 2. The minimum Gasteiger partial charge on any atom is -0.389 e. The van der Waals surface area contributed by atoms with Crippen LogP contribution in [-0.2, 0) is 35.3 Å². The van der Waals surface area contributed by atoms with E-state index in [1.54, 1.807) is 5.48 Å². The van der Waals surface area contributed by atoms with Crippen molar-refractivity contribution in [2.24, 2.45) is 0 Å². The molecule has 0 heterocycles. The van der Waals surface area contributed by atoms with Crippen LogP contribution in [0.5, 0.6) is 0 Å². The van der Waals surface area contributed by atoms with Crippen LogP contribution in [-0.4, -0.2) is 28.6 Å². The Morgan fingerprint density at radius 1 is 0.808 bits per heavy atom. The molecule has 0 spiro atoms. The molecule has 0 fully saturated rings. The van der Waals surface area contributed by atoms with Gasteiger partial charge in [-0.25, -0.2) is 5.48 Å². The quantitative estimate of drug-likeness (QED) is 0.347. The lowest BCUT2D eigenvalue weighted by molar-refractivity contribution is -0.128. The van der Waals surface area contributed by atoms with E-state index in [1.165, 1.54) is 11.1 Å². The number of aliphatic hydroxyl groups excluding tert-OH is 1. The summed E-state index contributed by atoms with van der Waals surface area (Å²) in [5, 5.41) is 17.4. The lowest BCUT2D eigenvalue weighted by Crippen LogP contribution is -2.20. The molecule has 0 radical (unpaired) electrons. The van der Waals surface area contributed by atoms with Crippen LogP contribution in [0.4, 0.5) is 0 Å². The van der Waals surface area contributed by atoms with Gasteiger partial charge in [-0.05, 0) is 47.9 Å². The van der Waals surface area contributed by atoms with E-state index in [4.69, 9.17) is 10.3 Å². The first-order chi connectivity index (χ1) is 12.6. The van der Waals surface area contributed by atoms with Crippen LogP contribution >= 0.6 is 0 Å². The van der Waals surface area contributed by atoms with Crippen molar-refractivity contribution in [1.82, 2.24) is 5.48 Å². The number of hydrogen-bond acceptors (Lipinski definition) is 4. The second-order valence-electron chi connectivity index (χ2n) is 6.43. The third-order valence-corrected chi connectivity index (χ3v) is 4.26. The molecule has 0 saturated carbocycles. The van der Waals surface area contributed by atoms with Gasteiger partial charge in [-0.3, -0.25) is 14.8 Å². The van der Waals surface area contributed by atoms with Crippen molar-refractivity contribution < 1.29 is 19.9 Å². The van der Waals surface area contributed by atoms with Gasteiger partial charge in [-0.2, -0.15) is 0 Å². The third kappa shape index (κ3) is 6.78. The Hall–Kier alpha value is -2.50. The molecule has 26 heavy (non-hydrogen) atoms. The van der Waals surface area contributed by atoms with Crippen LogP contribution in [0.3, 0.4) is 0 Å². The first-order valence-electron chi connectivity index (χ1n) is 8.82. The lowest BCUT2D eigenvalue weighted by atomic mass is 10.00. The largest absolute Gasteiger partial charge is 0.389 e. The van der Waals surface area contributed by atoms with Gasteiger partial charge < -0.3 is 5.11 Å². The molecule has 1 amide bonds. The van der Waals surface area contributed by atoms with Crippen molar-refractivity contribution in [2.75, 3.05) is 6.61 Å². The van der Waals surface area contributed by atoms with Crippen LogP contribution in [0.2, 0.25) is 0 Å². The molecule has 0 aliphatic rings. The molecule has 3 N–H and O–H groups in total. The number of carbonyl (C=O) groups excluding carboxylic acids is 2. The molecule has 0 bridgehead atoms. The van der Waals surface area contributed by atoms with Gasteiger partial charge in [0, 0.05) is 6.42 Å². The summed E-state index contributed by atoms with van der Waals surface area (Å²) < 4.78 is 0. The summed E-state index contributed by atoms with van der Waals surface area (Å²) in [7, 11) is 0. The van der Waals surface area contributed by atoms with Gasteiger partial charge in [-0.1, -0.05) is 48.5 Å². The van der Waals surface area contributed by atoms with E-state index in [0.717, 1.165) is 36.8 Å². The molecule has 0 aliphatic heterocycles. The minimum absolute atomic E-state index is 0.165. The molecular weight excluding hydrogens is 330 g/mol. The molecular formula is C21H25NO4. The van der Waals surface area contributed by atoms with Gasteiger partial charge in [-0.15, -0.1) is 0 Å². The van der Waals surface area contributed by atoms with E-state index in [-0.39, 0.29) is 18.6 Å². The SMILES string of the molecule is O=C(CO)Cc1cccc(CCCCc2ccc(CC(=O)NO)cc2)c1. The highest BCUT2D eigenvalue weighted by atomic mass is 16.5. The first kappa shape index (κ1) is 19.8. The highest BCUT2D eigenvalue weighted by Gasteiger charge is 2.04. The van der Waals surface area contributed by atoms with Crippen molar-refractivity contribution in [3.8, 4) is 0 Å². The van der Waals surface area contributed by atoms with Crippen LogP contribution in [0, 0.1) is 0 Å². The van der Waals surface area contributed by atoms with Crippen molar-refractivity contribution >= 4 is 11.7 Å². The van der Waals surface area contributed by atoms with Gasteiger partial charge in [0.15, 0.2) is 5.78 Å². The van der Waals surface area contributed by atoms with Gasteiger partial charge >= 0.3 is 0 Å². The zero-order valence-electron chi connectivity index (χ0n) is 14.8. The maximum atomic E-state index is 11.3. The van der Waals surface area contributed by atoms with Crippen LogP contribution in [0.15, 0.2) is 48.5 Å². The standard InChI is InChI=1S/C21H25NO4/c23-15-20(24)13-19-7-3-6-17(12-19)5-2-1-4-16-8-10-18(11-9-16)14-21(25)22-26/h3,6-12,23,26H,1-2,4-5,13-15H2,(H,22,25). The number of hydrogen-bond donors (Lipinski definition) is 3. The smallest absolute Gasteiger partial charge is 0.247 e. The molecule has 0 aliphatic carbocycles. The number of benzene rings is 2. The molecule has 2 aromatic carbocycles. The van der Waals surface area contributed by atoms with Crippen LogP contribution in [0.1, 0.15) is 35.1 Å². The number of hydroxylamine groups is 1. The summed E-state index contributed by atoms with van der Waals surface area (Å²) in [4.78, 5) is 22.4. The highest BCUT2D eigenvalue weighted by Crippen LogP contribution is 2.13. The summed E-state index contributed by atoms with van der Waals surface area (Å²) in [5.74, 6) is -0.581. The van der Waals surface area contributed by atoms with Crippen LogP contribution < -0.4 is 5.48 Å². The first-order valence-corrected chi connectivity index (χ1v) is 8.82. The number of rotatable bonds is 10. The molecule has 5 nitrogen and oxygen atoms in total. The zero-order chi connectivity index (χ0) is 18.8. The number of carbonyl (C=O) groups is 2. The van der Waals surface area contributed by atoms with E-state index in [1.807, 2.05) is 42.5 Å². The maximum absolute atomic E-state index is 11.3. The molecule has 5 heteroatoms. The number of aliphatic hydroxyl groups is 1. The molecule has 0 unspecified atom stereocenters. The van der Waals surface area contributed by atoms with E-state index in [0.29, 0.717) is 0 Å². The molecule has 2 rings (SSSR count). The Labute approximate surface area is 153 Å². The fourth-order valence-corrected chi connectivity index (χ4v) is 2.89. The third-order valence-electron chi connectivity index (χ3n) is 4.26. The summed E-state index contributed by atoms with van der Waals surface area (Å²) in [6.07, 6.45) is 4.48. The molecule has 0 saturated heterocycles. The molecule has 0 aromatic heterocycles. The van der Waals surface area contributed by atoms with Gasteiger partial charge in [0.05, 0.1) is 6.42 Å². The Balaban J connectivity index is 1.75. The zero-order valence-corrected chi connectivity index (χ0v) is 14.8. The monoisotopic (exact) mass is 355 g/mol. The summed E-state index contributed by atoms with van der Waals surface area (Å²) in [6, 6.07) is 15.8. The minimum atomic E-state index is -0.416. The van der Waals surface area contributed by atoms with Crippen molar-refractivity contribution in [3.05, 3.63) is 70.8 Å². The lowest BCUT2D eigenvalue weighted by Gasteiger charge is -2.06. The summed E-state index contributed by atoms with van der Waals surface area (Å²) in [5.41, 5.74) is 5.88. The Kier molecular flexibility index (Phi) is 7.99. The predicted octanol–water partition coefficient (Wildman–Crippen LogP) is 2.40. The fourth-order valence-electron chi connectivity index (χ4n) is 2.89. The van der Waals surface area contributed by atoms with Crippen molar-refractivity contribution in [3.63, 3.8) is 0 Å². The van der Waals surface area contributed by atoms with Crippen molar-refractivity contribution in [1.29, 1.82) is 0 Å². The van der Waals surface area contributed by atoms with E-state index < -0.39 is 12.5 Å². The Morgan fingerprint density at radius 2 is 1.42 bits per heavy atom. The maximum Gasteiger partial charge on any atom is 0.247 e. The number of nitrogens with one attached hydrogen (secondary N) is 1. The number of unbranched alkanes of at least 4 members (excludes halogenated alkanes) is 1. The second-order valence-corrected chi connectivity index (χ2v) is 6.43.